The zero-order valence-corrected chi connectivity index (χ0v) is 16.5. The third kappa shape index (κ3) is 4.57. The van der Waals surface area contributed by atoms with Crippen LogP contribution in [0.5, 0.6) is 5.75 Å². The third-order valence-corrected chi connectivity index (χ3v) is 4.75. The van der Waals surface area contributed by atoms with E-state index >= 15 is 0 Å². The number of carbonyl (C=O) groups excluding carboxylic acids is 1. The van der Waals surface area contributed by atoms with E-state index in [0.29, 0.717) is 35.3 Å². The summed E-state index contributed by atoms with van der Waals surface area (Å²) in [5.74, 6) is 0.866. The van der Waals surface area contributed by atoms with Gasteiger partial charge in [-0.2, -0.15) is 4.98 Å². The lowest BCUT2D eigenvalue weighted by atomic mass is 10.1. The van der Waals surface area contributed by atoms with Gasteiger partial charge in [0, 0.05) is 16.3 Å². The summed E-state index contributed by atoms with van der Waals surface area (Å²) in [6.07, 6.45) is 1.39. The van der Waals surface area contributed by atoms with E-state index in [1.165, 1.54) is 18.5 Å². The van der Waals surface area contributed by atoms with E-state index in [1.54, 1.807) is 18.2 Å². The monoisotopic (exact) mass is 428 g/mol. The average molecular weight is 429 g/mol. The Labute approximate surface area is 176 Å². The number of anilines is 3. The molecule has 1 aromatic heterocycles. The number of amides is 1. The first-order chi connectivity index (χ1) is 14.5. The first-order valence-electron chi connectivity index (χ1n) is 9.13. The van der Waals surface area contributed by atoms with Crippen molar-refractivity contribution >= 4 is 35.1 Å². The fourth-order valence-corrected chi connectivity index (χ4v) is 3.12. The predicted molar refractivity (Wildman–Crippen MR) is 111 cm³/mol. The zero-order valence-electron chi connectivity index (χ0n) is 15.8. The maximum atomic E-state index is 13.1. The molecule has 3 N–H and O–H groups in total. The van der Waals surface area contributed by atoms with Crippen molar-refractivity contribution in [3.8, 4) is 5.75 Å². The van der Waals surface area contributed by atoms with Gasteiger partial charge in [-0.05, 0) is 48.0 Å². The number of nitrogens with one attached hydrogen (secondary N) is 1. The van der Waals surface area contributed by atoms with Gasteiger partial charge in [0.15, 0.2) is 0 Å². The second-order valence-electron chi connectivity index (χ2n) is 6.75. The molecule has 10 heteroatoms. The Hall–Kier alpha value is -3.46. The summed E-state index contributed by atoms with van der Waals surface area (Å²) in [7, 11) is 0. The molecule has 2 aromatic carbocycles. The molecule has 0 unspecified atom stereocenters. The number of nitrogens with zero attached hydrogens (tertiary/aromatic N) is 4. The summed E-state index contributed by atoms with van der Waals surface area (Å²) >= 11 is 5.88. The van der Waals surface area contributed by atoms with Crippen molar-refractivity contribution in [2.24, 2.45) is 5.73 Å². The molecule has 0 saturated carbocycles. The van der Waals surface area contributed by atoms with Crippen LogP contribution in [0, 0.1) is 0 Å². The van der Waals surface area contributed by atoms with E-state index < -0.39 is 12.6 Å². The van der Waals surface area contributed by atoms with Gasteiger partial charge in [-0.3, -0.25) is 4.79 Å². The Morgan fingerprint density at radius 1 is 1.23 bits per heavy atom. The molecular formula is C20H18ClFN6O2. The number of ether oxygens (including phenoxy) is 1. The fourth-order valence-electron chi connectivity index (χ4n) is 2.99. The topological polar surface area (TPSA) is 106 Å². The highest BCUT2D eigenvalue weighted by atomic mass is 35.5. The normalized spacial score (nSPS) is 13.6. The van der Waals surface area contributed by atoms with E-state index in [-0.39, 0.29) is 17.6 Å². The summed E-state index contributed by atoms with van der Waals surface area (Å²) in [6, 6.07) is 11.7. The summed E-state index contributed by atoms with van der Waals surface area (Å²) in [6.45, 7) is 0.519. The molecular weight excluding hydrogens is 411 g/mol. The van der Waals surface area contributed by atoms with Gasteiger partial charge in [-0.1, -0.05) is 11.6 Å². The van der Waals surface area contributed by atoms with E-state index in [4.69, 9.17) is 22.1 Å². The van der Waals surface area contributed by atoms with Crippen LogP contribution >= 0.6 is 11.6 Å². The average Bonchev–Trinajstić information content (AvgIpc) is 2.71. The lowest BCUT2D eigenvalue weighted by Crippen LogP contribution is -2.54. The first kappa shape index (κ1) is 19.8. The Morgan fingerprint density at radius 2 is 2.00 bits per heavy atom. The Bertz CT molecular complexity index is 1060. The van der Waals surface area contributed by atoms with Crippen molar-refractivity contribution in [3.05, 3.63) is 64.9 Å². The maximum absolute atomic E-state index is 13.1. The van der Waals surface area contributed by atoms with Crippen molar-refractivity contribution in [2.75, 3.05) is 23.3 Å². The molecule has 1 fully saturated rings. The van der Waals surface area contributed by atoms with Crippen LogP contribution in [-0.4, -0.2) is 40.1 Å². The molecule has 2 heterocycles. The molecule has 30 heavy (non-hydrogen) atoms. The highest BCUT2D eigenvalue weighted by Gasteiger charge is 2.30. The Balaban J connectivity index is 1.41. The minimum Gasteiger partial charge on any atom is -0.487 e. The van der Waals surface area contributed by atoms with Crippen LogP contribution in [0.15, 0.2) is 48.8 Å². The smallest absolute Gasteiger partial charge is 0.248 e. The van der Waals surface area contributed by atoms with Gasteiger partial charge < -0.3 is 20.7 Å². The van der Waals surface area contributed by atoms with Gasteiger partial charge in [-0.25, -0.2) is 14.4 Å². The number of rotatable bonds is 7. The molecule has 0 aliphatic carbocycles. The number of carbonyl (C=O) groups is 1. The summed E-state index contributed by atoms with van der Waals surface area (Å²) in [4.78, 5) is 26.1. The molecule has 0 radical (unpaired) electrons. The molecule has 8 nitrogen and oxygen atoms in total. The maximum Gasteiger partial charge on any atom is 0.248 e. The SMILES string of the molecule is NC(=O)c1cc(CF)cc(Nc2ncnc(N3CC(Oc4ccc(Cl)cc4)C3)n2)c1. The minimum atomic E-state index is -0.721. The standard InChI is InChI=1S/C20H18ClFN6O2/c21-14-1-3-16(4-2-14)30-17-9-28(10-17)20-25-11-24-19(27-20)26-15-6-12(8-22)5-13(7-15)18(23)29/h1-7,11,17H,8-10H2,(H2,23,29)(H,24,25,26,27). The number of aromatic nitrogens is 3. The summed E-state index contributed by atoms with van der Waals surface area (Å²) in [5.41, 5.74) is 6.30. The molecule has 1 amide bonds. The van der Waals surface area contributed by atoms with Crippen LogP contribution in [0.3, 0.4) is 0 Å². The second-order valence-corrected chi connectivity index (χ2v) is 7.19. The van der Waals surface area contributed by atoms with Crippen LogP contribution in [-0.2, 0) is 6.67 Å². The second kappa shape index (κ2) is 8.50. The van der Waals surface area contributed by atoms with Crippen molar-refractivity contribution < 1.29 is 13.9 Å². The Morgan fingerprint density at radius 3 is 2.70 bits per heavy atom. The van der Waals surface area contributed by atoms with E-state index in [1.807, 2.05) is 17.0 Å². The van der Waals surface area contributed by atoms with Gasteiger partial charge in [0.25, 0.3) is 0 Å². The molecule has 1 aliphatic heterocycles. The molecule has 0 spiro atoms. The molecule has 1 aliphatic rings. The first-order valence-corrected chi connectivity index (χ1v) is 9.51. The van der Waals surface area contributed by atoms with Crippen LogP contribution < -0.4 is 20.7 Å². The number of benzene rings is 2. The van der Waals surface area contributed by atoms with Crippen LogP contribution in [0.2, 0.25) is 5.02 Å². The number of alkyl halides is 1. The van der Waals surface area contributed by atoms with E-state index in [2.05, 4.69) is 20.3 Å². The molecule has 4 rings (SSSR count). The highest BCUT2D eigenvalue weighted by Crippen LogP contribution is 2.24. The minimum absolute atomic E-state index is 0.0127. The van der Waals surface area contributed by atoms with Gasteiger partial charge in [0.2, 0.25) is 17.8 Å². The number of hydrogen-bond acceptors (Lipinski definition) is 7. The van der Waals surface area contributed by atoms with Crippen LogP contribution in [0.25, 0.3) is 0 Å². The van der Waals surface area contributed by atoms with Gasteiger partial charge in [0.1, 0.15) is 24.9 Å². The number of nitrogens with two attached hydrogens (primary N) is 1. The molecule has 154 valence electrons. The predicted octanol–water partition coefficient (Wildman–Crippen LogP) is 3.10. The lowest BCUT2D eigenvalue weighted by Gasteiger charge is -2.38. The summed E-state index contributed by atoms with van der Waals surface area (Å²) in [5, 5.41) is 3.62. The van der Waals surface area contributed by atoms with Crippen molar-refractivity contribution in [3.63, 3.8) is 0 Å². The van der Waals surface area contributed by atoms with Crippen molar-refractivity contribution in [1.82, 2.24) is 15.0 Å². The number of halogens is 2. The number of hydrogen-bond donors (Lipinski definition) is 2. The van der Waals surface area contributed by atoms with Gasteiger partial charge in [-0.15, -0.1) is 0 Å². The lowest BCUT2D eigenvalue weighted by molar-refractivity contribution is 0.1000. The van der Waals surface area contributed by atoms with Crippen molar-refractivity contribution in [1.29, 1.82) is 0 Å². The molecule has 3 aromatic rings. The highest BCUT2D eigenvalue weighted by molar-refractivity contribution is 6.30. The quantitative estimate of drug-likeness (QED) is 0.595. The van der Waals surface area contributed by atoms with Crippen LogP contribution in [0.4, 0.5) is 22.0 Å². The van der Waals surface area contributed by atoms with Gasteiger partial charge in [0.05, 0.1) is 13.1 Å². The zero-order chi connectivity index (χ0) is 21.1. The fraction of sp³-hybridized carbons (Fsp3) is 0.200. The molecule has 1 saturated heterocycles. The van der Waals surface area contributed by atoms with Crippen molar-refractivity contribution in [2.45, 2.75) is 12.8 Å². The van der Waals surface area contributed by atoms with E-state index in [9.17, 15) is 9.18 Å². The number of primary amides is 1. The van der Waals surface area contributed by atoms with Gasteiger partial charge >= 0.3 is 0 Å². The molecule has 0 bridgehead atoms. The van der Waals surface area contributed by atoms with Crippen LogP contribution in [0.1, 0.15) is 15.9 Å². The Kier molecular flexibility index (Phi) is 5.62. The largest absolute Gasteiger partial charge is 0.487 e. The van der Waals surface area contributed by atoms with E-state index in [0.717, 1.165) is 5.75 Å². The third-order valence-electron chi connectivity index (χ3n) is 4.49. The summed E-state index contributed by atoms with van der Waals surface area (Å²) < 4.78 is 19.0. The molecule has 0 atom stereocenters.